The second-order valence-electron chi connectivity index (χ2n) is 4.66. The van der Waals surface area contributed by atoms with Gasteiger partial charge in [-0.1, -0.05) is 6.08 Å². The van der Waals surface area contributed by atoms with E-state index in [0.29, 0.717) is 0 Å². The van der Waals surface area contributed by atoms with E-state index in [0.717, 1.165) is 0 Å². The highest BCUT2D eigenvalue weighted by molar-refractivity contribution is 5.70. The summed E-state index contributed by atoms with van der Waals surface area (Å²) in [5.74, 6) is -1.16. The van der Waals surface area contributed by atoms with E-state index in [9.17, 15) is 4.79 Å². The Hall–Kier alpha value is -0.950. The first-order chi connectivity index (χ1) is 8.46. The molecule has 6 nitrogen and oxygen atoms in total. The SMILES string of the molecule is C=C[C@H]1O[C@@H]2OC(C)(C)O[C@@H]2[C@@H]1OCC(=O)OC. The van der Waals surface area contributed by atoms with Crippen LogP contribution < -0.4 is 0 Å². The Morgan fingerprint density at radius 1 is 1.44 bits per heavy atom. The Kier molecular flexibility index (Phi) is 3.72. The summed E-state index contributed by atoms with van der Waals surface area (Å²) in [6.45, 7) is 7.12. The molecule has 0 bridgehead atoms. The molecule has 2 aliphatic heterocycles. The number of esters is 1. The highest BCUT2D eigenvalue weighted by atomic mass is 16.8. The van der Waals surface area contributed by atoms with Gasteiger partial charge in [0.2, 0.25) is 0 Å². The van der Waals surface area contributed by atoms with Gasteiger partial charge < -0.3 is 23.7 Å². The summed E-state index contributed by atoms with van der Waals surface area (Å²) in [5, 5.41) is 0. The van der Waals surface area contributed by atoms with Gasteiger partial charge >= 0.3 is 5.97 Å². The average molecular weight is 258 g/mol. The number of rotatable bonds is 4. The maximum atomic E-state index is 11.1. The molecule has 0 aromatic carbocycles. The molecule has 2 fully saturated rings. The molecule has 0 aromatic rings. The zero-order valence-corrected chi connectivity index (χ0v) is 10.8. The van der Waals surface area contributed by atoms with E-state index in [-0.39, 0.29) is 18.8 Å². The van der Waals surface area contributed by atoms with E-state index in [1.165, 1.54) is 7.11 Å². The number of carbonyl (C=O) groups excluding carboxylic acids is 1. The molecule has 0 spiro atoms. The van der Waals surface area contributed by atoms with Crippen LogP contribution >= 0.6 is 0 Å². The molecule has 0 saturated carbocycles. The van der Waals surface area contributed by atoms with Gasteiger partial charge in [0.1, 0.15) is 24.9 Å². The second-order valence-corrected chi connectivity index (χ2v) is 4.66. The van der Waals surface area contributed by atoms with Crippen LogP contribution in [-0.4, -0.2) is 50.1 Å². The molecule has 4 atom stereocenters. The topological polar surface area (TPSA) is 63.2 Å². The van der Waals surface area contributed by atoms with E-state index in [2.05, 4.69) is 11.3 Å². The van der Waals surface area contributed by atoms with E-state index >= 15 is 0 Å². The Morgan fingerprint density at radius 2 is 2.17 bits per heavy atom. The molecule has 0 amide bonds. The van der Waals surface area contributed by atoms with Gasteiger partial charge in [-0.3, -0.25) is 0 Å². The zero-order valence-electron chi connectivity index (χ0n) is 10.8. The second kappa shape index (κ2) is 4.97. The molecule has 0 radical (unpaired) electrons. The van der Waals surface area contributed by atoms with Gasteiger partial charge in [0.05, 0.1) is 7.11 Å². The summed E-state index contributed by atoms with van der Waals surface area (Å²) < 4.78 is 26.9. The Labute approximate surface area is 106 Å². The van der Waals surface area contributed by atoms with Crippen LogP contribution in [0.2, 0.25) is 0 Å². The maximum Gasteiger partial charge on any atom is 0.331 e. The fourth-order valence-corrected chi connectivity index (χ4v) is 2.11. The number of carbonyl (C=O) groups is 1. The highest BCUT2D eigenvalue weighted by Crippen LogP contribution is 2.38. The van der Waals surface area contributed by atoms with Crippen molar-refractivity contribution in [3.05, 3.63) is 12.7 Å². The van der Waals surface area contributed by atoms with Gasteiger partial charge in [0.15, 0.2) is 12.1 Å². The van der Waals surface area contributed by atoms with Gasteiger partial charge in [0.25, 0.3) is 0 Å². The first kappa shape index (κ1) is 13.5. The number of fused-ring (bicyclic) bond motifs is 1. The molecular weight excluding hydrogens is 240 g/mol. The summed E-state index contributed by atoms with van der Waals surface area (Å²) in [4.78, 5) is 11.1. The molecular formula is C12H18O6. The first-order valence-corrected chi connectivity index (χ1v) is 5.79. The monoisotopic (exact) mass is 258 g/mol. The van der Waals surface area contributed by atoms with Crippen LogP contribution in [0.15, 0.2) is 12.7 Å². The summed E-state index contributed by atoms with van der Waals surface area (Å²) in [5.41, 5.74) is 0. The Morgan fingerprint density at radius 3 is 2.78 bits per heavy atom. The van der Waals surface area contributed by atoms with Crippen LogP contribution in [0, 0.1) is 0 Å². The third kappa shape index (κ3) is 2.56. The minimum atomic E-state index is -0.714. The van der Waals surface area contributed by atoms with Gasteiger partial charge in [0, 0.05) is 0 Å². The molecule has 18 heavy (non-hydrogen) atoms. The lowest BCUT2D eigenvalue weighted by molar-refractivity contribution is -0.212. The molecule has 0 aromatic heterocycles. The number of methoxy groups -OCH3 is 1. The van der Waals surface area contributed by atoms with Crippen LogP contribution in [0.1, 0.15) is 13.8 Å². The maximum absolute atomic E-state index is 11.1. The van der Waals surface area contributed by atoms with E-state index in [1.807, 2.05) is 0 Å². The lowest BCUT2D eigenvalue weighted by atomic mass is 10.1. The molecule has 0 unspecified atom stereocenters. The molecule has 0 aliphatic carbocycles. The molecule has 2 rings (SSSR count). The molecule has 6 heteroatoms. The average Bonchev–Trinajstić information content (AvgIpc) is 2.77. The molecule has 2 aliphatic rings. The third-order valence-corrected chi connectivity index (χ3v) is 2.88. The van der Waals surface area contributed by atoms with Crippen molar-refractivity contribution in [3.8, 4) is 0 Å². The van der Waals surface area contributed by atoms with Crippen molar-refractivity contribution in [2.75, 3.05) is 13.7 Å². The molecule has 2 saturated heterocycles. The van der Waals surface area contributed by atoms with E-state index in [4.69, 9.17) is 18.9 Å². The van der Waals surface area contributed by atoms with Crippen molar-refractivity contribution in [1.29, 1.82) is 0 Å². The normalized spacial score (nSPS) is 37.3. The van der Waals surface area contributed by atoms with Gasteiger partial charge in [-0.2, -0.15) is 0 Å². The fourth-order valence-electron chi connectivity index (χ4n) is 2.11. The van der Waals surface area contributed by atoms with Crippen molar-refractivity contribution in [3.63, 3.8) is 0 Å². The van der Waals surface area contributed by atoms with Crippen LogP contribution in [0.25, 0.3) is 0 Å². The number of hydrogen-bond donors (Lipinski definition) is 0. The lowest BCUT2D eigenvalue weighted by Gasteiger charge is -2.24. The van der Waals surface area contributed by atoms with E-state index in [1.54, 1.807) is 19.9 Å². The third-order valence-electron chi connectivity index (χ3n) is 2.88. The van der Waals surface area contributed by atoms with Crippen LogP contribution in [-0.2, 0) is 28.5 Å². The number of ether oxygens (including phenoxy) is 5. The predicted octanol–water partition coefficient (Wildman–Crippen LogP) is 0.607. The van der Waals surface area contributed by atoms with Crippen molar-refractivity contribution in [2.24, 2.45) is 0 Å². The lowest BCUT2D eigenvalue weighted by Crippen LogP contribution is -2.37. The predicted molar refractivity (Wildman–Crippen MR) is 60.7 cm³/mol. The van der Waals surface area contributed by atoms with Crippen LogP contribution in [0.3, 0.4) is 0 Å². The van der Waals surface area contributed by atoms with Crippen LogP contribution in [0.5, 0.6) is 0 Å². The Balaban J connectivity index is 2.01. The Bertz CT molecular complexity index is 339. The summed E-state index contributed by atoms with van der Waals surface area (Å²) in [7, 11) is 1.31. The van der Waals surface area contributed by atoms with Crippen LogP contribution in [0.4, 0.5) is 0 Å². The highest BCUT2D eigenvalue weighted by Gasteiger charge is 2.54. The van der Waals surface area contributed by atoms with Gasteiger partial charge in [-0.05, 0) is 13.8 Å². The molecule has 2 heterocycles. The molecule has 102 valence electrons. The minimum absolute atomic E-state index is 0.151. The first-order valence-electron chi connectivity index (χ1n) is 5.79. The zero-order chi connectivity index (χ0) is 13.3. The minimum Gasteiger partial charge on any atom is -0.467 e. The summed E-state index contributed by atoms with van der Waals surface area (Å²) in [6, 6.07) is 0. The van der Waals surface area contributed by atoms with Gasteiger partial charge in [-0.25, -0.2) is 4.79 Å². The quantitative estimate of drug-likeness (QED) is 0.544. The van der Waals surface area contributed by atoms with Crippen molar-refractivity contribution >= 4 is 5.97 Å². The summed E-state index contributed by atoms with van der Waals surface area (Å²) >= 11 is 0. The van der Waals surface area contributed by atoms with Gasteiger partial charge in [-0.15, -0.1) is 6.58 Å². The molecule has 0 N–H and O–H groups in total. The van der Waals surface area contributed by atoms with Crippen molar-refractivity contribution in [1.82, 2.24) is 0 Å². The summed E-state index contributed by atoms with van der Waals surface area (Å²) in [6.07, 6.45) is -0.0348. The fraction of sp³-hybridized carbons (Fsp3) is 0.750. The number of hydrogen-bond acceptors (Lipinski definition) is 6. The largest absolute Gasteiger partial charge is 0.467 e. The van der Waals surface area contributed by atoms with Crippen molar-refractivity contribution in [2.45, 2.75) is 44.2 Å². The smallest absolute Gasteiger partial charge is 0.331 e. The standard InChI is InChI=1S/C12H18O6/c1-5-7-9(15-6-8(13)14-4)10-11(16-7)18-12(2,3)17-10/h5,7,9-11H,1,6H2,2-4H3/t7-,9-,10-,11-/m1/s1. The van der Waals surface area contributed by atoms with Crippen molar-refractivity contribution < 1.29 is 28.5 Å². The van der Waals surface area contributed by atoms with E-state index < -0.39 is 24.2 Å².